The average Bonchev–Trinajstić information content (AvgIpc) is 3.26. The van der Waals surface area contributed by atoms with Gasteiger partial charge in [-0.25, -0.2) is 0 Å². The van der Waals surface area contributed by atoms with Crippen molar-refractivity contribution in [2.75, 3.05) is 52.9 Å². The molecule has 7 nitrogen and oxygen atoms in total. The highest BCUT2D eigenvalue weighted by Gasteiger charge is 2.25. The van der Waals surface area contributed by atoms with Crippen molar-refractivity contribution in [3.8, 4) is 17.2 Å². The van der Waals surface area contributed by atoms with Crippen molar-refractivity contribution >= 4 is 35.6 Å². The summed E-state index contributed by atoms with van der Waals surface area (Å²) in [6, 6.07) is 14.3. The molecule has 1 aliphatic heterocycles. The van der Waals surface area contributed by atoms with Crippen LogP contribution in [-0.4, -0.2) is 60.0 Å². The predicted molar refractivity (Wildman–Crippen MR) is 137 cm³/mol. The van der Waals surface area contributed by atoms with Crippen LogP contribution < -0.4 is 29.7 Å². The maximum absolute atomic E-state index is 5.51. The molecule has 1 aliphatic rings. The third-order valence-electron chi connectivity index (χ3n) is 5.35. The second-order valence-electron chi connectivity index (χ2n) is 7.17. The third-order valence-corrected chi connectivity index (χ3v) is 5.35. The van der Waals surface area contributed by atoms with Crippen LogP contribution in [0.25, 0.3) is 0 Å². The molecule has 170 valence electrons. The number of guanidine groups is 1. The van der Waals surface area contributed by atoms with Gasteiger partial charge >= 0.3 is 0 Å². The van der Waals surface area contributed by atoms with Gasteiger partial charge < -0.3 is 29.7 Å². The molecule has 1 atom stereocenters. The summed E-state index contributed by atoms with van der Waals surface area (Å²) < 4.78 is 16.3. The van der Waals surface area contributed by atoms with Gasteiger partial charge in [0.05, 0.1) is 27.0 Å². The normalized spacial score (nSPS) is 15.8. The smallest absolute Gasteiger partial charge is 0.191 e. The van der Waals surface area contributed by atoms with E-state index in [0.717, 1.165) is 66.9 Å². The molecule has 0 radical (unpaired) electrons. The number of ether oxygens (including phenoxy) is 3. The molecule has 3 rings (SSSR count). The van der Waals surface area contributed by atoms with Gasteiger partial charge in [-0.15, -0.1) is 24.0 Å². The van der Waals surface area contributed by atoms with E-state index in [9.17, 15) is 0 Å². The van der Waals surface area contributed by atoms with E-state index in [-0.39, 0.29) is 24.0 Å². The number of benzene rings is 2. The zero-order chi connectivity index (χ0) is 21.3. The van der Waals surface area contributed by atoms with E-state index in [1.54, 1.807) is 28.4 Å². The molecule has 0 spiro atoms. The molecule has 1 heterocycles. The third kappa shape index (κ3) is 6.56. The largest absolute Gasteiger partial charge is 0.497 e. The highest BCUT2D eigenvalue weighted by molar-refractivity contribution is 14.0. The molecule has 0 aliphatic carbocycles. The Labute approximate surface area is 202 Å². The van der Waals surface area contributed by atoms with E-state index in [2.05, 4.69) is 26.6 Å². The van der Waals surface area contributed by atoms with Crippen molar-refractivity contribution in [1.82, 2.24) is 10.6 Å². The summed E-state index contributed by atoms with van der Waals surface area (Å²) in [6.07, 6.45) is 1.85. The number of anilines is 1. The summed E-state index contributed by atoms with van der Waals surface area (Å²) in [5, 5.41) is 6.95. The number of para-hydroxylation sites is 2. The Morgan fingerprint density at radius 1 is 1.06 bits per heavy atom. The Bertz CT molecular complexity index is 862. The summed E-state index contributed by atoms with van der Waals surface area (Å²) in [6.45, 7) is 2.63. The molecule has 2 aromatic rings. The molecular formula is C23H33IN4O3. The number of aliphatic imine (C=N–C) groups is 1. The fourth-order valence-corrected chi connectivity index (χ4v) is 3.77. The topological polar surface area (TPSA) is 67.4 Å². The number of nitrogens with zero attached hydrogens (tertiary/aromatic N) is 2. The first-order valence-electron chi connectivity index (χ1n) is 10.2. The molecule has 1 fully saturated rings. The molecule has 0 saturated carbocycles. The number of halogens is 1. The maximum atomic E-state index is 5.51. The Hall–Kier alpha value is -2.36. The second kappa shape index (κ2) is 12.5. The molecule has 0 amide bonds. The van der Waals surface area contributed by atoms with E-state index in [1.165, 1.54) is 0 Å². The van der Waals surface area contributed by atoms with Crippen LogP contribution in [0.15, 0.2) is 47.5 Å². The minimum atomic E-state index is 0. The fourth-order valence-electron chi connectivity index (χ4n) is 3.77. The summed E-state index contributed by atoms with van der Waals surface area (Å²) in [4.78, 5) is 6.74. The van der Waals surface area contributed by atoms with Crippen molar-refractivity contribution in [2.45, 2.75) is 18.9 Å². The van der Waals surface area contributed by atoms with Crippen molar-refractivity contribution < 1.29 is 14.2 Å². The lowest BCUT2D eigenvalue weighted by molar-refractivity contribution is 0.398. The van der Waals surface area contributed by atoms with Gasteiger partial charge in [0, 0.05) is 32.7 Å². The Balaban J connectivity index is 0.00000341. The van der Waals surface area contributed by atoms with E-state index in [0.29, 0.717) is 6.04 Å². The van der Waals surface area contributed by atoms with Gasteiger partial charge in [-0.1, -0.05) is 12.1 Å². The first-order chi connectivity index (χ1) is 14.7. The number of rotatable bonds is 8. The van der Waals surface area contributed by atoms with Crippen molar-refractivity contribution in [3.05, 3.63) is 48.0 Å². The van der Waals surface area contributed by atoms with Crippen LogP contribution in [0.2, 0.25) is 0 Å². The van der Waals surface area contributed by atoms with E-state index in [1.807, 2.05) is 36.4 Å². The quantitative estimate of drug-likeness (QED) is 0.305. The van der Waals surface area contributed by atoms with Gasteiger partial charge in [0.2, 0.25) is 0 Å². The van der Waals surface area contributed by atoms with Crippen LogP contribution in [-0.2, 0) is 6.42 Å². The SMILES string of the molecule is CN=C(NCCc1cc(OC)ccc1OC)NC1CCN(c2ccccc2OC)C1.I. The van der Waals surface area contributed by atoms with Crippen molar-refractivity contribution in [2.24, 2.45) is 4.99 Å². The Morgan fingerprint density at radius 3 is 2.55 bits per heavy atom. The molecule has 1 unspecified atom stereocenters. The number of nitrogens with one attached hydrogen (secondary N) is 2. The molecule has 1 saturated heterocycles. The molecular weight excluding hydrogens is 507 g/mol. The summed E-state index contributed by atoms with van der Waals surface area (Å²) >= 11 is 0. The van der Waals surface area contributed by atoms with Crippen molar-refractivity contribution in [3.63, 3.8) is 0 Å². The highest BCUT2D eigenvalue weighted by atomic mass is 127. The summed E-state index contributed by atoms with van der Waals surface area (Å²) in [7, 11) is 6.88. The van der Waals surface area contributed by atoms with Crippen LogP contribution in [0.4, 0.5) is 5.69 Å². The van der Waals surface area contributed by atoms with Gasteiger partial charge in [-0.3, -0.25) is 4.99 Å². The summed E-state index contributed by atoms with van der Waals surface area (Å²) in [5.41, 5.74) is 2.24. The van der Waals surface area contributed by atoms with Crippen LogP contribution in [0.3, 0.4) is 0 Å². The lowest BCUT2D eigenvalue weighted by Crippen LogP contribution is -2.45. The lowest BCUT2D eigenvalue weighted by Gasteiger charge is -2.22. The Morgan fingerprint density at radius 2 is 1.84 bits per heavy atom. The fraction of sp³-hybridized carbons (Fsp3) is 0.435. The molecule has 0 bridgehead atoms. The molecule has 8 heteroatoms. The molecule has 31 heavy (non-hydrogen) atoms. The lowest BCUT2D eigenvalue weighted by atomic mass is 10.1. The standard InChI is InChI=1S/C23H32N4O3.HI/c1-24-23(25-13-11-17-15-19(28-2)9-10-21(17)29-3)26-18-12-14-27(16-18)20-7-5-6-8-22(20)30-4;/h5-10,15,18H,11-14,16H2,1-4H3,(H2,24,25,26);1H. The van der Waals surface area contributed by atoms with E-state index >= 15 is 0 Å². The monoisotopic (exact) mass is 540 g/mol. The minimum Gasteiger partial charge on any atom is -0.497 e. The van der Waals surface area contributed by atoms with E-state index in [4.69, 9.17) is 14.2 Å². The van der Waals surface area contributed by atoms with Crippen LogP contribution in [0, 0.1) is 0 Å². The number of hydrogen-bond acceptors (Lipinski definition) is 5. The number of methoxy groups -OCH3 is 3. The Kier molecular flexibility index (Phi) is 10.0. The first-order valence-corrected chi connectivity index (χ1v) is 10.2. The molecule has 2 aromatic carbocycles. The minimum absolute atomic E-state index is 0. The zero-order valence-corrected chi connectivity index (χ0v) is 21.0. The maximum Gasteiger partial charge on any atom is 0.191 e. The average molecular weight is 540 g/mol. The molecule has 2 N–H and O–H groups in total. The van der Waals surface area contributed by atoms with Gasteiger partial charge in [0.15, 0.2) is 5.96 Å². The van der Waals surface area contributed by atoms with Crippen LogP contribution >= 0.6 is 24.0 Å². The summed E-state index contributed by atoms with van der Waals surface area (Å²) in [5.74, 6) is 3.41. The zero-order valence-electron chi connectivity index (χ0n) is 18.7. The van der Waals surface area contributed by atoms with Gasteiger partial charge in [0.1, 0.15) is 17.2 Å². The van der Waals surface area contributed by atoms with Gasteiger partial charge in [-0.2, -0.15) is 0 Å². The second-order valence-corrected chi connectivity index (χ2v) is 7.17. The number of hydrogen-bond donors (Lipinski definition) is 2. The first kappa shape index (κ1) is 24.9. The predicted octanol–water partition coefficient (Wildman–Crippen LogP) is 3.32. The van der Waals surface area contributed by atoms with Gasteiger partial charge in [0.25, 0.3) is 0 Å². The van der Waals surface area contributed by atoms with Crippen LogP contribution in [0.5, 0.6) is 17.2 Å². The molecule has 0 aromatic heterocycles. The van der Waals surface area contributed by atoms with Crippen LogP contribution in [0.1, 0.15) is 12.0 Å². The van der Waals surface area contributed by atoms with Gasteiger partial charge in [-0.05, 0) is 48.7 Å². The van der Waals surface area contributed by atoms with Crippen molar-refractivity contribution in [1.29, 1.82) is 0 Å². The highest BCUT2D eigenvalue weighted by Crippen LogP contribution is 2.30. The van der Waals surface area contributed by atoms with E-state index < -0.39 is 0 Å².